The molecule has 0 spiro atoms. The molecule has 0 N–H and O–H groups in total. The van der Waals surface area contributed by atoms with Gasteiger partial charge in [-0.25, -0.2) is 4.39 Å². The van der Waals surface area contributed by atoms with Crippen LogP contribution in [0, 0.1) is 11.7 Å². The Morgan fingerprint density at radius 3 is 2.95 bits per heavy atom. The fraction of sp³-hybridized carbons (Fsp3) is 0.400. The Morgan fingerprint density at radius 1 is 1.53 bits per heavy atom. The number of rotatable bonds is 5. The van der Waals surface area contributed by atoms with Gasteiger partial charge < -0.3 is 9.15 Å². The summed E-state index contributed by atoms with van der Waals surface area (Å²) in [6, 6.07) is 6.24. The molecule has 1 heterocycles. The molecule has 1 aliphatic rings. The number of benzene rings is 1. The van der Waals surface area contributed by atoms with E-state index in [1.165, 1.54) is 6.07 Å². The number of fused-ring (bicyclic) bond motifs is 1. The number of ether oxygens (including phenoxy) is 1. The Balaban J connectivity index is 1.94. The molecule has 1 aliphatic carbocycles. The Bertz CT molecular complexity index is 613. The Labute approximate surface area is 110 Å². The maximum Gasteiger partial charge on any atom is 0.226 e. The minimum atomic E-state index is -0.450. The predicted octanol–water partition coefficient (Wildman–Crippen LogP) is 3.57. The van der Waals surface area contributed by atoms with E-state index < -0.39 is 11.9 Å². The van der Waals surface area contributed by atoms with Crippen molar-refractivity contribution in [2.24, 2.45) is 5.92 Å². The van der Waals surface area contributed by atoms with Gasteiger partial charge in [0.1, 0.15) is 6.10 Å². The number of ketones is 1. The average Bonchev–Trinajstić information content (AvgIpc) is 3.14. The normalized spacial score (nSPS) is 16.7. The molecular weight excluding hydrogens is 247 g/mol. The van der Waals surface area contributed by atoms with Gasteiger partial charge in [0.05, 0.1) is 0 Å². The van der Waals surface area contributed by atoms with E-state index in [0.29, 0.717) is 12.0 Å². The zero-order valence-electron chi connectivity index (χ0n) is 10.7. The molecule has 2 aromatic rings. The molecule has 1 saturated carbocycles. The fourth-order valence-electron chi connectivity index (χ4n) is 2.29. The van der Waals surface area contributed by atoms with E-state index in [2.05, 4.69) is 0 Å². The summed E-state index contributed by atoms with van der Waals surface area (Å²) in [4.78, 5) is 12.4. The summed E-state index contributed by atoms with van der Waals surface area (Å²) in [7, 11) is 0. The van der Waals surface area contributed by atoms with Gasteiger partial charge in [-0.05, 0) is 37.8 Å². The number of para-hydroxylation sites is 1. The van der Waals surface area contributed by atoms with Crippen molar-refractivity contribution >= 4 is 16.8 Å². The molecule has 1 unspecified atom stereocenters. The summed E-state index contributed by atoms with van der Waals surface area (Å²) < 4.78 is 24.4. The number of carbonyl (C=O) groups is 1. The van der Waals surface area contributed by atoms with Crippen LogP contribution in [0.1, 0.15) is 30.3 Å². The third-order valence-corrected chi connectivity index (χ3v) is 3.39. The second kappa shape index (κ2) is 4.78. The van der Waals surface area contributed by atoms with Crippen LogP contribution in [0.2, 0.25) is 0 Å². The number of halogens is 1. The van der Waals surface area contributed by atoms with Gasteiger partial charge in [-0.1, -0.05) is 12.1 Å². The Hall–Kier alpha value is -1.68. The molecule has 0 bridgehead atoms. The van der Waals surface area contributed by atoms with Crippen molar-refractivity contribution in [2.75, 3.05) is 6.61 Å². The van der Waals surface area contributed by atoms with Crippen LogP contribution >= 0.6 is 0 Å². The molecule has 0 radical (unpaired) electrons. The van der Waals surface area contributed by atoms with E-state index in [4.69, 9.17) is 9.15 Å². The summed E-state index contributed by atoms with van der Waals surface area (Å²) >= 11 is 0. The lowest BCUT2D eigenvalue weighted by atomic mass is 10.1. The Kier molecular flexibility index (Phi) is 3.11. The first-order chi connectivity index (χ1) is 9.20. The quantitative estimate of drug-likeness (QED) is 0.773. The van der Waals surface area contributed by atoms with Crippen LogP contribution in [0.5, 0.6) is 0 Å². The van der Waals surface area contributed by atoms with E-state index in [1.807, 2.05) is 6.92 Å². The second-order valence-electron chi connectivity index (χ2n) is 4.85. The maximum absolute atomic E-state index is 13.5. The first-order valence-corrected chi connectivity index (χ1v) is 6.54. The molecule has 1 aromatic heterocycles. The molecule has 0 aliphatic heterocycles. The number of Topliss-reactive ketones (excluding diaryl/α,β-unsaturated/α-hetero) is 1. The van der Waals surface area contributed by atoms with E-state index in [9.17, 15) is 9.18 Å². The fourth-order valence-corrected chi connectivity index (χ4v) is 2.29. The van der Waals surface area contributed by atoms with Crippen LogP contribution in [0.25, 0.3) is 11.0 Å². The zero-order chi connectivity index (χ0) is 13.4. The summed E-state index contributed by atoms with van der Waals surface area (Å²) in [5, 5.41) is 0.606. The molecule has 19 heavy (non-hydrogen) atoms. The second-order valence-corrected chi connectivity index (χ2v) is 4.85. The standard InChI is InChI=1S/C15H15FO3/c1-2-18-15(9-6-7-9)13(17)12-8-10-4-3-5-11(16)14(10)19-12/h3-5,8-9,15H,2,6-7H2,1H3. The van der Waals surface area contributed by atoms with Gasteiger partial charge in [0.25, 0.3) is 0 Å². The summed E-state index contributed by atoms with van der Waals surface area (Å²) in [6.07, 6.45) is 1.56. The first-order valence-electron chi connectivity index (χ1n) is 6.54. The summed E-state index contributed by atoms with van der Waals surface area (Å²) in [5.74, 6) is -0.160. The molecule has 3 nitrogen and oxygen atoms in total. The van der Waals surface area contributed by atoms with Crippen molar-refractivity contribution in [3.05, 3.63) is 35.8 Å². The van der Waals surface area contributed by atoms with Gasteiger partial charge in [0.2, 0.25) is 5.78 Å². The molecule has 100 valence electrons. The highest BCUT2D eigenvalue weighted by Gasteiger charge is 2.38. The third-order valence-electron chi connectivity index (χ3n) is 3.39. The van der Waals surface area contributed by atoms with Gasteiger partial charge >= 0.3 is 0 Å². The third kappa shape index (κ3) is 2.28. The molecule has 0 amide bonds. The smallest absolute Gasteiger partial charge is 0.226 e. The van der Waals surface area contributed by atoms with E-state index in [1.54, 1.807) is 18.2 Å². The highest BCUT2D eigenvalue weighted by atomic mass is 19.1. The lowest BCUT2D eigenvalue weighted by molar-refractivity contribution is 0.0353. The predicted molar refractivity (Wildman–Crippen MR) is 68.6 cm³/mol. The number of hydrogen-bond acceptors (Lipinski definition) is 3. The SMILES string of the molecule is CCOC(C(=O)c1cc2cccc(F)c2o1)C1CC1. The Morgan fingerprint density at radius 2 is 2.32 bits per heavy atom. The van der Waals surface area contributed by atoms with Crippen molar-refractivity contribution in [3.8, 4) is 0 Å². The van der Waals surface area contributed by atoms with Crippen molar-refractivity contribution in [2.45, 2.75) is 25.9 Å². The summed E-state index contributed by atoms with van der Waals surface area (Å²) in [6.45, 7) is 2.35. The van der Waals surface area contributed by atoms with Crippen LogP contribution in [-0.2, 0) is 4.74 Å². The minimum absolute atomic E-state index is 0.136. The van der Waals surface area contributed by atoms with Crippen molar-refractivity contribution in [1.29, 1.82) is 0 Å². The van der Waals surface area contributed by atoms with Gasteiger partial charge in [0, 0.05) is 12.0 Å². The lowest BCUT2D eigenvalue weighted by Gasteiger charge is -2.13. The topological polar surface area (TPSA) is 39.4 Å². The number of carbonyl (C=O) groups excluding carboxylic acids is 1. The van der Waals surface area contributed by atoms with Crippen LogP contribution in [0.15, 0.2) is 28.7 Å². The van der Waals surface area contributed by atoms with Gasteiger partial charge in [-0.15, -0.1) is 0 Å². The molecule has 0 saturated heterocycles. The van der Waals surface area contributed by atoms with E-state index in [-0.39, 0.29) is 23.0 Å². The molecule has 3 rings (SSSR count). The minimum Gasteiger partial charge on any atom is -0.450 e. The van der Waals surface area contributed by atoms with Gasteiger partial charge in [0.15, 0.2) is 17.2 Å². The largest absolute Gasteiger partial charge is 0.450 e. The first kappa shape index (κ1) is 12.4. The molecule has 1 aromatic carbocycles. The van der Waals surface area contributed by atoms with Crippen LogP contribution in [0.4, 0.5) is 4.39 Å². The monoisotopic (exact) mass is 262 g/mol. The maximum atomic E-state index is 13.5. The molecule has 1 fully saturated rings. The number of hydrogen-bond donors (Lipinski definition) is 0. The van der Waals surface area contributed by atoms with Crippen LogP contribution < -0.4 is 0 Å². The number of furan rings is 1. The summed E-state index contributed by atoms with van der Waals surface area (Å²) in [5.41, 5.74) is 0.136. The zero-order valence-corrected chi connectivity index (χ0v) is 10.7. The van der Waals surface area contributed by atoms with Crippen LogP contribution in [-0.4, -0.2) is 18.5 Å². The highest BCUT2D eigenvalue weighted by Crippen LogP contribution is 2.36. The van der Waals surface area contributed by atoms with Gasteiger partial charge in [-0.2, -0.15) is 0 Å². The molecule has 4 heteroatoms. The highest BCUT2D eigenvalue weighted by molar-refractivity contribution is 6.00. The molecular formula is C15H15FO3. The van der Waals surface area contributed by atoms with E-state index >= 15 is 0 Å². The van der Waals surface area contributed by atoms with Crippen LogP contribution in [0.3, 0.4) is 0 Å². The molecule has 1 atom stereocenters. The van der Waals surface area contributed by atoms with Crippen molar-refractivity contribution < 1.29 is 18.3 Å². The lowest BCUT2D eigenvalue weighted by Crippen LogP contribution is -2.26. The van der Waals surface area contributed by atoms with Crippen molar-refractivity contribution in [3.63, 3.8) is 0 Å². The van der Waals surface area contributed by atoms with E-state index in [0.717, 1.165) is 12.8 Å². The van der Waals surface area contributed by atoms with Gasteiger partial charge in [-0.3, -0.25) is 4.79 Å². The van der Waals surface area contributed by atoms with Crippen molar-refractivity contribution in [1.82, 2.24) is 0 Å². The average molecular weight is 262 g/mol.